The van der Waals surface area contributed by atoms with E-state index in [0.29, 0.717) is 6.61 Å². The number of fused-ring (bicyclic) bond motifs is 3. The Morgan fingerprint density at radius 3 is 2.64 bits per heavy atom. The molecular formula is C20H20N4O. The molecule has 0 saturated carbocycles. The number of benzene rings is 2. The number of likely N-dealkylation sites (N-methyl/N-ethyl adjacent to an activating group) is 1. The summed E-state index contributed by atoms with van der Waals surface area (Å²) in [6, 6.07) is 20.1. The summed E-state index contributed by atoms with van der Waals surface area (Å²) in [6.07, 6.45) is 0. The van der Waals surface area contributed by atoms with Crippen molar-refractivity contribution in [2.75, 3.05) is 25.1 Å². The van der Waals surface area contributed by atoms with Gasteiger partial charge in [0.2, 0.25) is 0 Å². The smallest absolute Gasteiger partial charge is 0.158 e. The van der Waals surface area contributed by atoms with Gasteiger partial charge in [-0.2, -0.15) is 5.10 Å². The van der Waals surface area contributed by atoms with Crippen LogP contribution in [0.15, 0.2) is 60.7 Å². The number of ether oxygens (including phenoxy) is 1. The normalized spacial score (nSPS) is 11.1. The van der Waals surface area contributed by atoms with Crippen LogP contribution in [0.2, 0.25) is 0 Å². The van der Waals surface area contributed by atoms with Crippen molar-refractivity contribution in [1.82, 2.24) is 14.6 Å². The first-order valence-electron chi connectivity index (χ1n) is 8.36. The fraction of sp³-hybridized carbons (Fsp3) is 0.200. The number of aromatic nitrogens is 3. The average Bonchev–Trinajstić information content (AvgIpc) is 3.02. The van der Waals surface area contributed by atoms with E-state index >= 15 is 0 Å². The third-order valence-electron chi connectivity index (χ3n) is 4.21. The molecule has 0 aliphatic rings. The summed E-state index contributed by atoms with van der Waals surface area (Å²) in [5, 5.41) is 5.64. The van der Waals surface area contributed by atoms with E-state index in [-0.39, 0.29) is 0 Å². The van der Waals surface area contributed by atoms with Crippen LogP contribution in [0.1, 0.15) is 5.69 Å². The number of aryl methyl sites for hydroxylation is 1. The van der Waals surface area contributed by atoms with E-state index in [2.05, 4.69) is 22.1 Å². The molecule has 0 atom stereocenters. The first-order chi connectivity index (χ1) is 12.2. The summed E-state index contributed by atoms with van der Waals surface area (Å²) in [5.41, 5.74) is 2.89. The van der Waals surface area contributed by atoms with Gasteiger partial charge < -0.3 is 9.64 Å². The van der Waals surface area contributed by atoms with E-state index in [1.165, 1.54) is 0 Å². The summed E-state index contributed by atoms with van der Waals surface area (Å²) in [6.45, 7) is 3.33. The van der Waals surface area contributed by atoms with Crippen molar-refractivity contribution in [3.8, 4) is 5.75 Å². The highest BCUT2D eigenvalue weighted by molar-refractivity contribution is 5.91. The standard InChI is InChI=1S/C20H20N4O/c1-15-14-19-21-20(17-10-6-7-11-18(17)24(19)22-15)23(2)12-13-25-16-8-4-3-5-9-16/h3-11,14H,12-13H2,1-2H3. The lowest BCUT2D eigenvalue weighted by Gasteiger charge is -2.20. The van der Waals surface area contributed by atoms with Crippen molar-refractivity contribution in [1.29, 1.82) is 0 Å². The van der Waals surface area contributed by atoms with Gasteiger partial charge in [0.25, 0.3) is 0 Å². The molecule has 0 bridgehead atoms. The third-order valence-corrected chi connectivity index (χ3v) is 4.21. The van der Waals surface area contributed by atoms with Gasteiger partial charge in [-0.1, -0.05) is 30.3 Å². The lowest BCUT2D eigenvalue weighted by Crippen LogP contribution is -2.25. The number of hydrogen-bond donors (Lipinski definition) is 0. The van der Waals surface area contributed by atoms with Crippen LogP contribution >= 0.6 is 0 Å². The third kappa shape index (κ3) is 3.01. The Morgan fingerprint density at radius 1 is 1.04 bits per heavy atom. The van der Waals surface area contributed by atoms with Crippen LogP contribution in [0, 0.1) is 6.92 Å². The van der Waals surface area contributed by atoms with Crippen molar-refractivity contribution in [3.05, 3.63) is 66.4 Å². The Kier molecular flexibility index (Phi) is 3.98. The highest BCUT2D eigenvalue weighted by Crippen LogP contribution is 2.25. The second-order valence-corrected chi connectivity index (χ2v) is 6.09. The molecule has 0 aliphatic heterocycles. The van der Waals surface area contributed by atoms with Gasteiger partial charge in [0.15, 0.2) is 5.65 Å². The van der Waals surface area contributed by atoms with Gasteiger partial charge in [-0.15, -0.1) is 0 Å². The van der Waals surface area contributed by atoms with Gasteiger partial charge in [-0.3, -0.25) is 0 Å². The van der Waals surface area contributed by atoms with Crippen LogP contribution in [-0.2, 0) is 0 Å². The molecule has 4 rings (SSSR count). The molecule has 0 aliphatic carbocycles. The van der Waals surface area contributed by atoms with Crippen molar-refractivity contribution < 1.29 is 4.74 Å². The Hall–Kier alpha value is -3.08. The quantitative estimate of drug-likeness (QED) is 0.559. The van der Waals surface area contributed by atoms with E-state index < -0.39 is 0 Å². The van der Waals surface area contributed by atoms with Gasteiger partial charge >= 0.3 is 0 Å². The number of para-hydroxylation sites is 2. The molecule has 0 saturated heterocycles. The van der Waals surface area contributed by atoms with Gasteiger partial charge in [0, 0.05) is 18.5 Å². The first kappa shape index (κ1) is 15.4. The van der Waals surface area contributed by atoms with E-state index in [1.807, 2.05) is 67.0 Å². The molecule has 5 heteroatoms. The zero-order valence-corrected chi connectivity index (χ0v) is 14.4. The van der Waals surface area contributed by atoms with Crippen LogP contribution in [0.3, 0.4) is 0 Å². The molecule has 126 valence electrons. The molecule has 2 heterocycles. The van der Waals surface area contributed by atoms with Crippen LogP contribution in [0.4, 0.5) is 5.82 Å². The number of rotatable bonds is 5. The largest absolute Gasteiger partial charge is 0.492 e. The topological polar surface area (TPSA) is 42.7 Å². The molecule has 5 nitrogen and oxygen atoms in total. The molecular weight excluding hydrogens is 312 g/mol. The van der Waals surface area contributed by atoms with Crippen LogP contribution in [0.25, 0.3) is 16.6 Å². The second-order valence-electron chi connectivity index (χ2n) is 6.09. The number of hydrogen-bond acceptors (Lipinski definition) is 4. The summed E-state index contributed by atoms with van der Waals surface area (Å²) in [5.74, 6) is 1.83. The Bertz CT molecular complexity index is 1010. The molecule has 0 spiro atoms. The Balaban J connectivity index is 1.62. The van der Waals surface area contributed by atoms with Crippen LogP contribution in [0.5, 0.6) is 5.75 Å². The SMILES string of the molecule is Cc1cc2nc(N(C)CCOc3ccccc3)c3ccccc3n2n1. The van der Waals surface area contributed by atoms with E-state index in [9.17, 15) is 0 Å². The summed E-state index contributed by atoms with van der Waals surface area (Å²) in [7, 11) is 2.04. The Morgan fingerprint density at radius 2 is 1.80 bits per heavy atom. The molecule has 4 aromatic rings. The molecule has 0 radical (unpaired) electrons. The fourth-order valence-corrected chi connectivity index (χ4v) is 2.97. The molecule has 25 heavy (non-hydrogen) atoms. The molecule has 0 unspecified atom stereocenters. The predicted octanol–water partition coefficient (Wildman–Crippen LogP) is 3.71. The molecule has 0 N–H and O–H groups in total. The van der Waals surface area contributed by atoms with E-state index in [1.54, 1.807) is 0 Å². The maximum atomic E-state index is 5.81. The maximum absolute atomic E-state index is 5.81. The zero-order valence-electron chi connectivity index (χ0n) is 14.4. The minimum Gasteiger partial charge on any atom is -0.492 e. The molecule has 2 aromatic carbocycles. The summed E-state index contributed by atoms with van der Waals surface area (Å²) in [4.78, 5) is 6.95. The van der Waals surface area contributed by atoms with Gasteiger partial charge in [-0.05, 0) is 31.2 Å². The maximum Gasteiger partial charge on any atom is 0.158 e. The number of anilines is 1. The monoisotopic (exact) mass is 332 g/mol. The average molecular weight is 332 g/mol. The predicted molar refractivity (Wildman–Crippen MR) is 100 cm³/mol. The molecule has 2 aromatic heterocycles. The zero-order chi connectivity index (χ0) is 17.2. The molecule has 0 fully saturated rings. The minimum absolute atomic E-state index is 0.597. The van der Waals surface area contributed by atoms with Crippen LogP contribution in [-0.4, -0.2) is 34.8 Å². The Labute approximate surface area is 146 Å². The lowest BCUT2D eigenvalue weighted by molar-refractivity contribution is 0.326. The van der Waals surface area contributed by atoms with Gasteiger partial charge in [-0.25, -0.2) is 9.50 Å². The van der Waals surface area contributed by atoms with Crippen molar-refractivity contribution in [2.24, 2.45) is 0 Å². The lowest BCUT2D eigenvalue weighted by atomic mass is 10.2. The minimum atomic E-state index is 0.597. The van der Waals surface area contributed by atoms with Crippen molar-refractivity contribution in [2.45, 2.75) is 6.92 Å². The van der Waals surface area contributed by atoms with Gasteiger partial charge in [0.1, 0.15) is 18.2 Å². The summed E-state index contributed by atoms with van der Waals surface area (Å²) < 4.78 is 7.72. The molecule has 0 amide bonds. The van der Waals surface area contributed by atoms with Crippen LogP contribution < -0.4 is 9.64 Å². The second kappa shape index (κ2) is 6.43. The highest BCUT2D eigenvalue weighted by atomic mass is 16.5. The van der Waals surface area contributed by atoms with E-state index in [4.69, 9.17) is 9.72 Å². The summed E-state index contributed by atoms with van der Waals surface area (Å²) >= 11 is 0. The van der Waals surface area contributed by atoms with Gasteiger partial charge in [0.05, 0.1) is 17.8 Å². The first-order valence-corrected chi connectivity index (χ1v) is 8.36. The van der Waals surface area contributed by atoms with E-state index in [0.717, 1.165) is 40.4 Å². The fourth-order valence-electron chi connectivity index (χ4n) is 2.97. The number of nitrogens with zero attached hydrogens (tertiary/aromatic N) is 4. The highest BCUT2D eigenvalue weighted by Gasteiger charge is 2.13. The van der Waals surface area contributed by atoms with Crippen molar-refractivity contribution in [3.63, 3.8) is 0 Å². The van der Waals surface area contributed by atoms with Crippen molar-refractivity contribution >= 4 is 22.4 Å².